The molecule has 0 spiro atoms. The van der Waals surface area contributed by atoms with Gasteiger partial charge in [0.05, 0.1) is 12.8 Å². The Balaban J connectivity index is -0.000000720. The molecule has 0 radical (unpaired) electrons. The number of rotatable bonds is 5. The Hall–Kier alpha value is -0.340. The van der Waals surface area contributed by atoms with Crippen molar-refractivity contribution in [3.63, 3.8) is 0 Å². The van der Waals surface area contributed by atoms with E-state index in [4.69, 9.17) is 20.4 Å². The maximum atomic E-state index is 10.3. The van der Waals surface area contributed by atoms with Crippen LogP contribution in [0.2, 0.25) is 0 Å². The van der Waals surface area contributed by atoms with E-state index >= 15 is 0 Å². The van der Waals surface area contributed by atoms with Gasteiger partial charge in [-0.2, -0.15) is 0 Å². The maximum absolute atomic E-state index is 10.3. The average molecular weight is 251 g/mol. The van der Waals surface area contributed by atoms with E-state index in [1.165, 1.54) is 0 Å². The van der Waals surface area contributed by atoms with Gasteiger partial charge in [0.1, 0.15) is 0 Å². The number of aliphatic hydroxyl groups is 1. The Morgan fingerprint density at radius 2 is 1.20 bits per heavy atom. The summed E-state index contributed by atoms with van der Waals surface area (Å²) in [4.78, 5) is 30.5. The molecule has 0 aromatic carbocycles. The predicted octanol–water partition coefficient (Wildman–Crippen LogP) is -7.24. The van der Waals surface area contributed by atoms with Crippen LogP contribution < -0.4 is 42.0 Å². The molecule has 0 unspecified atom stereocenters. The van der Waals surface area contributed by atoms with Crippen molar-refractivity contribution in [2.75, 3.05) is 0 Å². The Morgan fingerprint density at radius 1 is 0.933 bits per heavy atom. The molecule has 0 aliphatic heterocycles. The first-order valence-electron chi connectivity index (χ1n) is 3.17. The van der Waals surface area contributed by atoms with Gasteiger partial charge >= 0.3 is 47.5 Å². The van der Waals surface area contributed by atoms with Gasteiger partial charge in [0.2, 0.25) is 0 Å². The Morgan fingerprint density at radius 3 is 1.33 bits per heavy atom. The van der Waals surface area contributed by atoms with E-state index in [0.717, 1.165) is 0 Å². The third-order valence-electron chi connectivity index (χ3n) is 1.29. The summed E-state index contributed by atoms with van der Waals surface area (Å²) in [7, 11) is 0. The number of carbonyl (C=O) groups is 3. The van der Waals surface area contributed by atoms with Crippen LogP contribution in [-0.4, -0.2) is 43.9 Å². The molecule has 0 amide bonds. The number of carboxylic acids is 3. The van der Waals surface area contributed by atoms with Crippen LogP contribution in [-0.2, 0) is 14.4 Å². The molecule has 82 valence electrons. The number of aliphatic carboxylic acids is 3. The molecule has 0 bridgehead atoms. The van der Waals surface area contributed by atoms with E-state index in [-0.39, 0.29) is 42.0 Å². The molecule has 7 nitrogen and oxygen atoms in total. The third kappa shape index (κ3) is 7.57. The van der Waals surface area contributed by atoms with E-state index in [9.17, 15) is 14.4 Å². The molecule has 0 aliphatic rings. The molecule has 0 aliphatic carbocycles. The van der Waals surface area contributed by atoms with Crippen LogP contribution in [0.5, 0.6) is 0 Å². The number of hydrogen-bond donors (Lipinski definition) is 4. The number of hydrogen-bond acceptors (Lipinski definition) is 4. The maximum Gasteiger partial charge on any atom is 1.00 e. The van der Waals surface area contributed by atoms with Crippen LogP contribution >= 0.6 is 0 Å². The molecule has 9 heteroatoms. The quantitative estimate of drug-likeness (QED) is 0.356. The molecule has 0 saturated carbocycles. The summed E-state index contributed by atoms with van der Waals surface area (Å²) in [5.41, 5.74) is -2.74. The molecule has 0 aromatic rings. The molecular formula is C6H8ClNaO7. The molecule has 0 aromatic heterocycles. The van der Waals surface area contributed by atoms with Crippen LogP contribution in [0.1, 0.15) is 12.8 Å². The zero-order valence-electron chi connectivity index (χ0n) is 7.81. The van der Waals surface area contributed by atoms with Gasteiger partial charge in [-0.15, -0.1) is 0 Å². The summed E-state index contributed by atoms with van der Waals surface area (Å²) in [5, 5.41) is 33.8. The van der Waals surface area contributed by atoms with Crippen LogP contribution in [0.3, 0.4) is 0 Å². The smallest absolute Gasteiger partial charge is 1.00 e. The Kier molecular flexibility index (Phi) is 10.6. The van der Waals surface area contributed by atoms with Gasteiger partial charge in [-0.1, -0.05) is 0 Å². The third-order valence-corrected chi connectivity index (χ3v) is 1.29. The molecule has 0 saturated heterocycles. The summed E-state index contributed by atoms with van der Waals surface area (Å²) < 4.78 is 0. The van der Waals surface area contributed by atoms with Crippen molar-refractivity contribution in [3.8, 4) is 0 Å². The van der Waals surface area contributed by atoms with E-state index in [2.05, 4.69) is 0 Å². The van der Waals surface area contributed by atoms with Crippen molar-refractivity contribution in [3.05, 3.63) is 0 Å². The van der Waals surface area contributed by atoms with Gasteiger partial charge in [-0.05, 0) is 0 Å². The predicted molar refractivity (Wildman–Crippen MR) is 37.1 cm³/mol. The monoisotopic (exact) mass is 250 g/mol. The Bertz CT molecular complexity index is 238. The van der Waals surface area contributed by atoms with Gasteiger partial charge < -0.3 is 32.8 Å². The second kappa shape index (κ2) is 7.89. The normalized spacial score (nSPS) is 9.40. The fraction of sp³-hybridized carbons (Fsp3) is 0.500. The number of halogens is 1. The molecule has 0 atom stereocenters. The zero-order chi connectivity index (χ0) is 10.6. The largest absolute Gasteiger partial charge is 1.00 e. The standard InChI is InChI=1S/C6H8O7.ClH.Na/c7-3(8)1-6(13,5(11)12)2-4(9)10;;/h13H,1-2H2,(H,7,8)(H,9,10)(H,11,12);1H;/q;;+1/p-1. The Labute approximate surface area is 113 Å². The van der Waals surface area contributed by atoms with Crippen molar-refractivity contribution in [1.29, 1.82) is 0 Å². The van der Waals surface area contributed by atoms with Gasteiger partial charge in [0.25, 0.3) is 0 Å². The first-order valence-corrected chi connectivity index (χ1v) is 3.17. The minimum Gasteiger partial charge on any atom is -1.00 e. The zero-order valence-corrected chi connectivity index (χ0v) is 10.6. The minimum absolute atomic E-state index is 0. The van der Waals surface area contributed by atoms with Gasteiger partial charge in [0.15, 0.2) is 5.60 Å². The summed E-state index contributed by atoms with van der Waals surface area (Å²) in [5.74, 6) is -5.02. The van der Waals surface area contributed by atoms with Crippen LogP contribution in [0, 0.1) is 0 Å². The van der Waals surface area contributed by atoms with Crippen molar-refractivity contribution in [2.24, 2.45) is 0 Å². The van der Waals surface area contributed by atoms with E-state index in [1.54, 1.807) is 0 Å². The molecule has 0 heterocycles. The average Bonchev–Trinajstić information content (AvgIpc) is 1.82. The molecular weight excluding hydrogens is 243 g/mol. The molecule has 4 N–H and O–H groups in total. The second-order valence-corrected chi connectivity index (χ2v) is 2.48. The fourth-order valence-corrected chi connectivity index (χ4v) is 0.714. The number of carboxylic acid groups (broad SMARTS) is 3. The van der Waals surface area contributed by atoms with Crippen LogP contribution in [0.25, 0.3) is 0 Å². The van der Waals surface area contributed by atoms with Gasteiger partial charge in [0, 0.05) is 0 Å². The van der Waals surface area contributed by atoms with Crippen molar-refractivity contribution in [2.45, 2.75) is 18.4 Å². The second-order valence-electron chi connectivity index (χ2n) is 2.48. The summed E-state index contributed by atoms with van der Waals surface area (Å²) in [6.45, 7) is 0. The van der Waals surface area contributed by atoms with E-state index in [1.807, 2.05) is 0 Å². The van der Waals surface area contributed by atoms with Gasteiger partial charge in [-0.3, -0.25) is 9.59 Å². The van der Waals surface area contributed by atoms with Gasteiger partial charge in [-0.25, -0.2) is 4.79 Å². The fourth-order valence-electron chi connectivity index (χ4n) is 0.714. The van der Waals surface area contributed by atoms with Crippen LogP contribution in [0.15, 0.2) is 0 Å². The summed E-state index contributed by atoms with van der Waals surface area (Å²) >= 11 is 0. The summed E-state index contributed by atoms with van der Waals surface area (Å²) in [6, 6.07) is 0. The van der Waals surface area contributed by atoms with Crippen molar-refractivity contribution in [1.82, 2.24) is 0 Å². The minimum atomic E-state index is -2.74. The molecule has 15 heavy (non-hydrogen) atoms. The van der Waals surface area contributed by atoms with Crippen molar-refractivity contribution >= 4 is 17.9 Å². The molecule has 0 rings (SSSR count). The topological polar surface area (TPSA) is 132 Å². The summed E-state index contributed by atoms with van der Waals surface area (Å²) in [6.07, 6.45) is -2.29. The van der Waals surface area contributed by atoms with Crippen molar-refractivity contribution < 1.29 is 76.8 Å². The first kappa shape index (κ1) is 20.1. The first-order chi connectivity index (χ1) is 5.78. The van der Waals surface area contributed by atoms with E-state index in [0.29, 0.717) is 0 Å². The molecule has 0 fully saturated rings. The van der Waals surface area contributed by atoms with E-state index < -0.39 is 36.4 Å². The van der Waals surface area contributed by atoms with Crippen LogP contribution in [0.4, 0.5) is 0 Å². The SMILES string of the molecule is O=C(O)CC(O)(CC(=O)O)C(=O)O.[Cl-].[Na+].